The molecule has 1 aromatic carbocycles. The van der Waals surface area contributed by atoms with Gasteiger partial charge in [-0.15, -0.1) is 0 Å². The van der Waals surface area contributed by atoms with E-state index >= 15 is 0 Å². The molecular weight excluding hydrogens is 162 g/mol. The van der Waals surface area contributed by atoms with E-state index in [2.05, 4.69) is 23.5 Å². The lowest BCUT2D eigenvalue weighted by atomic mass is 10.1. The molecule has 0 aliphatic carbocycles. The first-order valence-electron chi connectivity index (χ1n) is 4.55. The topological polar surface area (TPSA) is 21.3 Å². The van der Waals surface area contributed by atoms with Crippen LogP contribution in [0.1, 0.15) is 12.5 Å². The number of rotatable bonds is 2. The molecule has 1 aromatic rings. The molecule has 0 radical (unpaired) electrons. The molecule has 13 heavy (non-hydrogen) atoms. The molecule has 1 aliphatic heterocycles. The van der Waals surface area contributed by atoms with Crippen LogP contribution in [0.4, 0.5) is 5.69 Å². The minimum atomic E-state index is 0.0277. The van der Waals surface area contributed by atoms with Gasteiger partial charge in [-0.2, -0.15) is 0 Å². The highest BCUT2D eigenvalue weighted by molar-refractivity contribution is 5.70. The highest BCUT2D eigenvalue weighted by atomic mass is 16.5. The lowest BCUT2D eigenvalue weighted by molar-refractivity contribution is 0.115. The largest absolute Gasteiger partial charge is 0.356 e. The third-order valence-electron chi connectivity index (χ3n) is 2.06. The Hall–Kier alpha value is -1.28. The summed E-state index contributed by atoms with van der Waals surface area (Å²) in [4.78, 5) is 0. The number of benzene rings is 1. The Bertz CT molecular complexity index is 320. The third kappa shape index (κ3) is 1.73. The van der Waals surface area contributed by atoms with Crippen LogP contribution in [0, 0.1) is 0 Å². The summed E-state index contributed by atoms with van der Waals surface area (Å²) in [7, 11) is 0. The Kier molecular flexibility index (Phi) is 2.32. The van der Waals surface area contributed by atoms with Crippen LogP contribution in [0.2, 0.25) is 0 Å². The predicted octanol–water partition coefficient (Wildman–Crippen LogP) is 2.49. The first-order valence-corrected chi connectivity index (χ1v) is 4.55. The fraction of sp³-hybridized carbons (Fsp3) is 0.273. The second kappa shape index (κ2) is 3.62. The van der Waals surface area contributed by atoms with Crippen molar-refractivity contribution in [3.05, 3.63) is 35.9 Å². The van der Waals surface area contributed by atoms with Gasteiger partial charge in [0.2, 0.25) is 0 Å². The predicted molar refractivity (Wildman–Crippen MR) is 54.5 cm³/mol. The molecule has 0 saturated carbocycles. The molecule has 1 aliphatic rings. The third-order valence-corrected chi connectivity index (χ3v) is 2.06. The van der Waals surface area contributed by atoms with Crippen molar-refractivity contribution < 1.29 is 4.74 Å². The van der Waals surface area contributed by atoms with Gasteiger partial charge >= 0.3 is 0 Å². The van der Waals surface area contributed by atoms with Gasteiger partial charge in [-0.25, -0.2) is 0 Å². The minimum absolute atomic E-state index is 0.0277. The number of nitrogens with one attached hydrogen (secondary N) is 1. The molecule has 0 saturated heterocycles. The van der Waals surface area contributed by atoms with E-state index in [0.717, 1.165) is 12.3 Å². The second-order valence-corrected chi connectivity index (χ2v) is 2.97. The normalized spacial score (nSPS) is 19.3. The maximum Gasteiger partial charge on any atom is 0.147 e. The van der Waals surface area contributed by atoms with Gasteiger partial charge < -0.3 is 10.1 Å². The summed E-state index contributed by atoms with van der Waals surface area (Å²) in [6, 6.07) is 8.20. The number of hydrogen-bond acceptors (Lipinski definition) is 2. The van der Waals surface area contributed by atoms with Gasteiger partial charge in [-0.05, 0) is 24.6 Å². The Morgan fingerprint density at radius 2 is 2.23 bits per heavy atom. The van der Waals surface area contributed by atoms with Gasteiger partial charge in [0, 0.05) is 12.3 Å². The molecule has 0 fully saturated rings. The number of para-hydroxylation sites is 1. The maximum atomic E-state index is 5.44. The summed E-state index contributed by atoms with van der Waals surface area (Å²) in [6.45, 7) is 2.72. The van der Waals surface area contributed by atoms with Gasteiger partial charge in [0.1, 0.15) is 6.23 Å². The van der Waals surface area contributed by atoms with Crippen molar-refractivity contribution in [3.63, 3.8) is 0 Å². The number of ether oxygens (including phenoxy) is 1. The van der Waals surface area contributed by atoms with Crippen molar-refractivity contribution in [1.29, 1.82) is 0 Å². The van der Waals surface area contributed by atoms with E-state index in [1.54, 1.807) is 0 Å². The quantitative estimate of drug-likeness (QED) is 0.745. The smallest absolute Gasteiger partial charge is 0.147 e. The van der Waals surface area contributed by atoms with Crippen LogP contribution in [-0.2, 0) is 4.74 Å². The molecule has 1 heterocycles. The van der Waals surface area contributed by atoms with Crippen LogP contribution in [0.25, 0.3) is 6.08 Å². The Morgan fingerprint density at radius 1 is 1.38 bits per heavy atom. The first kappa shape index (κ1) is 8.32. The van der Waals surface area contributed by atoms with E-state index < -0.39 is 0 Å². The minimum Gasteiger partial charge on any atom is -0.356 e. The van der Waals surface area contributed by atoms with Gasteiger partial charge in [0.15, 0.2) is 0 Å². The molecule has 1 atom stereocenters. The fourth-order valence-corrected chi connectivity index (χ4v) is 1.44. The molecule has 0 aromatic heterocycles. The number of anilines is 1. The fourth-order valence-electron chi connectivity index (χ4n) is 1.44. The highest BCUT2D eigenvalue weighted by Gasteiger charge is 2.10. The molecular formula is C11H13NO. The standard InChI is InChI=1S/C11H13NO/c1-2-13-11-8-7-9-5-3-4-6-10(9)12-11/h3-8,11-12H,2H2,1H3. The van der Waals surface area contributed by atoms with Crippen molar-refractivity contribution in [2.24, 2.45) is 0 Å². The van der Waals surface area contributed by atoms with Gasteiger partial charge in [-0.3, -0.25) is 0 Å². The van der Waals surface area contributed by atoms with Crippen LogP contribution < -0.4 is 5.32 Å². The zero-order chi connectivity index (χ0) is 9.10. The molecule has 0 amide bonds. The SMILES string of the molecule is CCOC1C=Cc2ccccc2N1. The van der Waals surface area contributed by atoms with E-state index in [1.807, 2.05) is 25.1 Å². The summed E-state index contributed by atoms with van der Waals surface area (Å²) in [5.41, 5.74) is 2.36. The first-order chi connectivity index (χ1) is 6.40. The molecule has 68 valence electrons. The Morgan fingerprint density at radius 3 is 3.08 bits per heavy atom. The maximum absolute atomic E-state index is 5.44. The molecule has 2 heteroatoms. The second-order valence-electron chi connectivity index (χ2n) is 2.97. The van der Waals surface area contributed by atoms with E-state index in [1.165, 1.54) is 5.56 Å². The summed E-state index contributed by atoms with van der Waals surface area (Å²) >= 11 is 0. The molecule has 0 bridgehead atoms. The van der Waals surface area contributed by atoms with E-state index in [0.29, 0.717) is 0 Å². The average Bonchev–Trinajstić information content (AvgIpc) is 2.18. The number of hydrogen-bond donors (Lipinski definition) is 1. The van der Waals surface area contributed by atoms with Crippen LogP contribution in [-0.4, -0.2) is 12.8 Å². The van der Waals surface area contributed by atoms with Gasteiger partial charge in [0.25, 0.3) is 0 Å². The average molecular weight is 175 g/mol. The zero-order valence-corrected chi connectivity index (χ0v) is 7.66. The zero-order valence-electron chi connectivity index (χ0n) is 7.66. The summed E-state index contributed by atoms with van der Waals surface area (Å²) in [5.74, 6) is 0. The van der Waals surface area contributed by atoms with Crippen LogP contribution in [0.15, 0.2) is 30.3 Å². The van der Waals surface area contributed by atoms with Crippen molar-refractivity contribution in [3.8, 4) is 0 Å². The van der Waals surface area contributed by atoms with Gasteiger partial charge in [-0.1, -0.05) is 24.3 Å². The Balaban J connectivity index is 2.19. The van der Waals surface area contributed by atoms with E-state index in [9.17, 15) is 0 Å². The van der Waals surface area contributed by atoms with E-state index in [-0.39, 0.29) is 6.23 Å². The molecule has 1 N–H and O–H groups in total. The monoisotopic (exact) mass is 175 g/mol. The van der Waals surface area contributed by atoms with Crippen molar-refractivity contribution in [2.45, 2.75) is 13.2 Å². The van der Waals surface area contributed by atoms with Crippen molar-refractivity contribution in [2.75, 3.05) is 11.9 Å². The van der Waals surface area contributed by atoms with Crippen LogP contribution in [0.5, 0.6) is 0 Å². The molecule has 2 nitrogen and oxygen atoms in total. The van der Waals surface area contributed by atoms with E-state index in [4.69, 9.17) is 4.74 Å². The van der Waals surface area contributed by atoms with Gasteiger partial charge in [0.05, 0.1) is 0 Å². The number of fused-ring (bicyclic) bond motifs is 1. The van der Waals surface area contributed by atoms with Crippen LogP contribution >= 0.6 is 0 Å². The summed E-state index contributed by atoms with van der Waals surface area (Å²) in [6.07, 6.45) is 4.15. The highest BCUT2D eigenvalue weighted by Crippen LogP contribution is 2.22. The molecule has 1 unspecified atom stereocenters. The van der Waals surface area contributed by atoms with Crippen molar-refractivity contribution in [1.82, 2.24) is 0 Å². The molecule has 2 rings (SSSR count). The van der Waals surface area contributed by atoms with Crippen molar-refractivity contribution >= 4 is 11.8 Å². The molecule has 0 spiro atoms. The van der Waals surface area contributed by atoms with Crippen LogP contribution in [0.3, 0.4) is 0 Å². The lowest BCUT2D eigenvalue weighted by Crippen LogP contribution is -2.23. The summed E-state index contributed by atoms with van der Waals surface area (Å²) in [5, 5.41) is 3.29. The summed E-state index contributed by atoms with van der Waals surface area (Å²) < 4.78 is 5.44. The lowest BCUT2D eigenvalue weighted by Gasteiger charge is -2.21. The Labute approximate surface area is 78.2 Å².